The first-order valence-corrected chi connectivity index (χ1v) is 8.02. The van der Waals surface area contributed by atoms with Gasteiger partial charge in [-0.25, -0.2) is 4.98 Å². The van der Waals surface area contributed by atoms with Gasteiger partial charge in [0.25, 0.3) is 0 Å². The molecule has 1 aromatic carbocycles. The molecule has 0 atom stereocenters. The van der Waals surface area contributed by atoms with E-state index < -0.39 is 16.4 Å². The molecule has 0 aliphatic rings. The minimum Gasteiger partial charge on any atom is -0.501 e. The second kappa shape index (κ2) is 8.37. The summed E-state index contributed by atoms with van der Waals surface area (Å²) < 4.78 is 5.24. The monoisotopic (exact) mass is 419 g/mol. The van der Waals surface area contributed by atoms with Gasteiger partial charge >= 0.3 is 5.69 Å². The van der Waals surface area contributed by atoms with E-state index in [9.17, 15) is 20.5 Å². The lowest BCUT2D eigenvalue weighted by Crippen LogP contribution is -2.03. The molecule has 0 unspecified atom stereocenters. The van der Waals surface area contributed by atoms with Crippen LogP contribution in [0.15, 0.2) is 27.8 Å². The zero-order chi connectivity index (χ0) is 19.3. The number of nitrogens with zero attached hydrogens (tertiary/aromatic N) is 4. The van der Waals surface area contributed by atoms with Crippen LogP contribution in [-0.2, 0) is 11.3 Å². The number of aryl methyl sites for hydroxylation is 1. The van der Waals surface area contributed by atoms with Crippen molar-refractivity contribution in [3.8, 4) is 11.8 Å². The van der Waals surface area contributed by atoms with Gasteiger partial charge in [0.2, 0.25) is 5.75 Å². The maximum absolute atomic E-state index is 10.9. The molecule has 0 aliphatic carbocycles. The normalized spacial score (nSPS) is 10.7. The predicted octanol–water partition coefficient (Wildman–Crippen LogP) is 3.23. The van der Waals surface area contributed by atoms with Crippen LogP contribution < -0.4 is 5.43 Å². The number of pyridine rings is 1. The van der Waals surface area contributed by atoms with Crippen LogP contribution in [0, 0.1) is 28.4 Å². The Morgan fingerprint density at radius 1 is 1.54 bits per heavy atom. The van der Waals surface area contributed by atoms with Crippen LogP contribution in [0.25, 0.3) is 0 Å². The first-order valence-electron chi connectivity index (χ1n) is 7.23. The lowest BCUT2D eigenvalue weighted by molar-refractivity contribution is -0.386. The highest BCUT2D eigenvalue weighted by atomic mass is 79.9. The molecule has 0 amide bonds. The van der Waals surface area contributed by atoms with E-state index in [2.05, 4.69) is 37.5 Å². The molecule has 1 heterocycles. The van der Waals surface area contributed by atoms with E-state index in [1.807, 2.05) is 0 Å². The summed E-state index contributed by atoms with van der Waals surface area (Å²) in [5.74, 6) is -0.209. The summed E-state index contributed by atoms with van der Waals surface area (Å²) in [7, 11) is 1.53. The Morgan fingerprint density at radius 3 is 2.88 bits per heavy atom. The smallest absolute Gasteiger partial charge is 0.312 e. The summed E-state index contributed by atoms with van der Waals surface area (Å²) in [5.41, 5.74) is 4.24. The van der Waals surface area contributed by atoms with Gasteiger partial charge in [-0.3, -0.25) is 15.5 Å². The number of aromatic hydroxyl groups is 1. The standard InChI is InChI=1S/C16H14BrN5O4/c1-9-3-11(8-26-2)12(6-18)16(20-9)21-19-7-10-4-13(17)15(23)14(5-10)22(24)25/h3-5,7,23H,8H2,1-2H3,(H,20,21). The summed E-state index contributed by atoms with van der Waals surface area (Å²) in [6.45, 7) is 2.03. The second-order valence-corrected chi connectivity index (χ2v) is 6.04. The number of halogens is 1. The summed E-state index contributed by atoms with van der Waals surface area (Å²) >= 11 is 3.06. The number of benzene rings is 1. The van der Waals surface area contributed by atoms with Gasteiger partial charge in [0, 0.05) is 30.0 Å². The Morgan fingerprint density at radius 2 is 2.27 bits per heavy atom. The van der Waals surface area contributed by atoms with Gasteiger partial charge in [-0.05, 0) is 35.0 Å². The lowest BCUT2D eigenvalue weighted by Gasteiger charge is -2.09. The highest BCUT2D eigenvalue weighted by Crippen LogP contribution is 2.34. The van der Waals surface area contributed by atoms with Gasteiger partial charge < -0.3 is 9.84 Å². The van der Waals surface area contributed by atoms with Crippen molar-refractivity contribution in [1.82, 2.24) is 4.98 Å². The average Bonchev–Trinajstić information content (AvgIpc) is 2.57. The molecular formula is C16H14BrN5O4. The third-order valence-corrected chi connectivity index (χ3v) is 3.89. The van der Waals surface area contributed by atoms with E-state index in [0.29, 0.717) is 22.4 Å². The van der Waals surface area contributed by atoms with E-state index in [-0.39, 0.29) is 16.9 Å². The third kappa shape index (κ3) is 4.33. The maximum Gasteiger partial charge on any atom is 0.312 e. The number of hydrogen-bond acceptors (Lipinski definition) is 8. The van der Waals surface area contributed by atoms with Crippen molar-refractivity contribution in [2.24, 2.45) is 5.10 Å². The molecule has 0 saturated heterocycles. The number of nitrogens with one attached hydrogen (secondary N) is 1. The van der Waals surface area contributed by atoms with Crippen molar-refractivity contribution in [1.29, 1.82) is 5.26 Å². The lowest BCUT2D eigenvalue weighted by atomic mass is 10.1. The second-order valence-electron chi connectivity index (χ2n) is 5.19. The molecule has 9 nitrogen and oxygen atoms in total. The van der Waals surface area contributed by atoms with Gasteiger partial charge in [0.1, 0.15) is 11.6 Å². The molecule has 0 fully saturated rings. The van der Waals surface area contributed by atoms with Gasteiger partial charge in [-0.1, -0.05) is 0 Å². The SMILES string of the molecule is COCc1cc(C)nc(NN=Cc2cc(Br)c(O)c([N+](=O)[O-])c2)c1C#N. The fourth-order valence-corrected chi connectivity index (χ4v) is 2.67. The molecule has 0 spiro atoms. The summed E-state index contributed by atoms with van der Waals surface area (Å²) in [6, 6.07) is 6.45. The maximum atomic E-state index is 10.9. The van der Waals surface area contributed by atoms with Crippen molar-refractivity contribution in [2.45, 2.75) is 13.5 Å². The minimum atomic E-state index is -0.697. The fourth-order valence-electron chi connectivity index (χ4n) is 2.20. The van der Waals surface area contributed by atoms with E-state index in [1.165, 1.54) is 25.5 Å². The van der Waals surface area contributed by atoms with Crippen molar-refractivity contribution in [3.63, 3.8) is 0 Å². The molecule has 0 aliphatic heterocycles. The topological polar surface area (TPSA) is 134 Å². The molecule has 2 N–H and O–H groups in total. The van der Waals surface area contributed by atoms with Crippen molar-refractivity contribution in [2.75, 3.05) is 12.5 Å². The first-order chi connectivity index (χ1) is 12.4. The van der Waals surface area contributed by atoms with Gasteiger partial charge in [-0.15, -0.1) is 0 Å². The number of ether oxygens (including phenoxy) is 1. The summed E-state index contributed by atoms with van der Waals surface area (Å²) in [6.07, 6.45) is 1.32. The molecule has 0 radical (unpaired) electrons. The number of nitro groups is 1. The summed E-state index contributed by atoms with van der Waals surface area (Å²) in [5, 5.41) is 33.9. The summed E-state index contributed by atoms with van der Waals surface area (Å²) in [4.78, 5) is 14.5. The number of anilines is 1. The number of hydrogen-bond donors (Lipinski definition) is 2. The molecular weight excluding hydrogens is 406 g/mol. The molecule has 134 valence electrons. The number of rotatable bonds is 6. The average molecular weight is 420 g/mol. The molecule has 26 heavy (non-hydrogen) atoms. The fraction of sp³-hybridized carbons (Fsp3) is 0.188. The van der Waals surface area contributed by atoms with E-state index in [0.717, 1.165) is 0 Å². The van der Waals surface area contributed by atoms with Crippen LogP contribution in [0.1, 0.15) is 22.4 Å². The van der Waals surface area contributed by atoms with Crippen LogP contribution in [0.2, 0.25) is 0 Å². The number of nitro benzene ring substituents is 1. The van der Waals surface area contributed by atoms with Crippen LogP contribution >= 0.6 is 15.9 Å². The van der Waals surface area contributed by atoms with E-state index in [4.69, 9.17) is 4.74 Å². The Balaban J connectivity index is 2.32. The highest BCUT2D eigenvalue weighted by Gasteiger charge is 2.17. The number of phenols is 1. The molecule has 2 aromatic rings. The van der Waals surface area contributed by atoms with Crippen LogP contribution in [-0.4, -0.2) is 28.3 Å². The van der Waals surface area contributed by atoms with Crippen molar-refractivity contribution in [3.05, 3.63) is 55.2 Å². The molecule has 1 aromatic heterocycles. The van der Waals surface area contributed by atoms with E-state index in [1.54, 1.807) is 13.0 Å². The third-order valence-electron chi connectivity index (χ3n) is 3.29. The van der Waals surface area contributed by atoms with Crippen molar-refractivity contribution < 1.29 is 14.8 Å². The van der Waals surface area contributed by atoms with Crippen LogP contribution in [0.4, 0.5) is 11.5 Å². The minimum absolute atomic E-state index is 0.168. The number of aromatic nitrogens is 1. The Bertz CT molecular complexity index is 924. The predicted molar refractivity (Wildman–Crippen MR) is 98.1 cm³/mol. The largest absolute Gasteiger partial charge is 0.501 e. The van der Waals surface area contributed by atoms with Gasteiger partial charge in [-0.2, -0.15) is 10.4 Å². The first kappa shape index (κ1) is 19.3. The van der Waals surface area contributed by atoms with Gasteiger partial charge in [0.05, 0.1) is 22.2 Å². The number of hydrazone groups is 1. The Labute approximate surface area is 157 Å². The van der Waals surface area contributed by atoms with E-state index >= 15 is 0 Å². The van der Waals surface area contributed by atoms with Gasteiger partial charge in [0.15, 0.2) is 5.82 Å². The Kier molecular flexibility index (Phi) is 6.21. The zero-order valence-corrected chi connectivity index (χ0v) is 15.4. The quantitative estimate of drug-likeness (QED) is 0.416. The number of phenolic OH excluding ortho intramolecular Hbond substituents is 1. The van der Waals surface area contributed by atoms with Crippen molar-refractivity contribution >= 4 is 33.6 Å². The molecule has 0 bridgehead atoms. The Hall–Kier alpha value is -3.03. The molecule has 0 saturated carbocycles. The van der Waals surface area contributed by atoms with Crippen LogP contribution in [0.5, 0.6) is 5.75 Å². The number of methoxy groups -OCH3 is 1. The number of nitriles is 1. The van der Waals surface area contributed by atoms with Crippen LogP contribution in [0.3, 0.4) is 0 Å². The molecule has 2 rings (SSSR count). The highest BCUT2D eigenvalue weighted by molar-refractivity contribution is 9.10. The molecule has 10 heteroatoms. The zero-order valence-electron chi connectivity index (χ0n) is 13.9.